The van der Waals surface area contributed by atoms with Gasteiger partial charge in [0.15, 0.2) is 0 Å². The topological polar surface area (TPSA) is 72.9 Å². The van der Waals surface area contributed by atoms with Crippen molar-refractivity contribution in [3.8, 4) is 34.1 Å². The largest absolute Gasteiger partial charge is 0.496 e. The SMILES string of the molecule is COc1cc(OCc2ncc(C)cc2Br)ccc1-c1nc(-c2ccc(F)nc2)[nH]c1Cl. The molecule has 0 aliphatic rings. The zero-order chi connectivity index (χ0) is 22.0. The highest BCUT2D eigenvalue weighted by Crippen LogP contribution is 2.37. The van der Waals surface area contributed by atoms with Gasteiger partial charge < -0.3 is 14.5 Å². The first-order chi connectivity index (χ1) is 14.9. The number of ether oxygens (including phenoxy) is 2. The highest BCUT2D eigenvalue weighted by atomic mass is 79.9. The minimum absolute atomic E-state index is 0.300. The summed E-state index contributed by atoms with van der Waals surface area (Å²) in [5, 5.41) is 0.332. The summed E-state index contributed by atoms with van der Waals surface area (Å²) in [6.07, 6.45) is 3.18. The van der Waals surface area contributed by atoms with E-state index in [1.165, 1.54) is 12.3 Å². The molecular formula is C22H17BrClFN4O2. The average molecular weight is 504 g/mol. The van der Waals surface area contributed by atoms with Crippen LogP contribution in [0, 0.1) is 12.9 Å². The Morgan fingerprint density at radius 1 is 1.13 bits per heavy atom. The van der Waals surface area contributed by atoms with Gasteiger partial charge in [0.25, 0.3) is 0 Å². The maximum Gasteiger partial charge on any atom is 0.212 e. The van der Waals surface area contributed by atoms with Gasteiger partial charge in [-0.3, -0.25) is 4.98 Å². The van der Waals surface area contributed by atoms with E-state index in [0.29, 0.717) is 45.9 Å². The molecule has 0 radical (unpaired) electrons. The molecule has 3 aromatic heterocycles. The van der Waals surface area contributed by atoms with Crippen molar-refractivity contribution in [2.45, 2.75) is 13.5 Å². The molecule has 0 aliphatic carbocycles. The first-order valence-electron chi connectivity index (χ1n) is 9.24. The van der Waals surface area contributed by atoms with E-state index in [4.69, 9.17) is 21.1 Å². The van der Waals surface area contributed by atoms with Crippen LogP contribution < -0.4 is 9.47 Å². The van der Waals surface area contributed by atoms with Crippen molar-refractivity contribution in [3.63, 3.8) is 0 Å². The number of aryl methyl sites for hydroxylation is 1. The quantitative estimate of drug-likeness (QED) is 0.328. The van der Waals surface area contributed by atoms with Gasteiger partial charge in [0, 0.05) is 34.1 Å². The number of rotatable bonds is 6. The average Bonchev–Trinajstić information content (AvgIpc) is 3.14. The first-order valence-corrected chi connectivity index (χ1v) is 10.4. The van der Waals surface area contributed by atoms with E-state index in [1.54, 1.807) is 25.4 Å². The number of imidazole rings is 1. The van der Waals surface area contributed by atoms with E-state index in [0.717, 1.165) is 15.7 Å². The Morgan fingerprint density at radius 2 is 1.97 bits per heavy atom. The van der Waals surface area contributed by atoms with Crippen LogP contribution in [0.15, 0.2) is 53.3 Å². The summed E-state index contributed by atoms with van der Waals surface area (Å²) in [5.41, 5.74) is 3.67. The maximum atomic E-state index is 13.1. The fourth-order valence-electron chi connectivity index (χ4n) is 2.96. The minimum atomic E-state index is -0.563. The second kappa shape index (κ2) is 9.03. The van der Waals surface area contributed by atoms with Gasteiger partial charge in [0.05, 0.1) is 12.8 Å². The predicted molar refractivity (Wildman–Crippen MR) is 120 cm³/mol. The molecule has 31 heavy (non-hydrogen) atoms. The number of aromatic nitrogens is 4. The van der Waals surface area contributed by atoms with Crippen molar-refractivity contribution in [2.75, 3.05) is 7.11 Å². The molecule has 0 aliphatic heterocycles. The van der Waals surface area contributed by atoms with E-state index in [9.17, 15) is 4.39 Å². The molecule has 0 amide bonds. The summed E-state index contributed by atoms with van der Waals surface area (Å²) >= 11 is 9.89. The smallest absolute Gasteiger partial charge is 0.212 e. The van der Waals surface area contributed by atoms with E-state index in [1.807, 2.05) is 25.1 Å². The fourth-order valence-corrected chi connectivity index (χ4v) is 3.77. The number of pyridine rings is 2. The summed E-state index contributed by atoms with van der Waals surface area (Å²) in [6, 6.07) is 10.2. The van der Waals surface area contributed by atoms with E-state index >= 15 is 0 Å². The normalized spacial score (nSPS) is 10.9. The Balaban J connectivity index is 1.59. The molecule has 1 aromatic carbocycles. The van der Waals surface area contributed by atoms with E-state index in [-0.39, 0.29) is 0 Å². The van der Waals surface area contributed by atoms with Crippen LogP contribution in [-0.2, 0) is 6.61 Å². The summed E-state index contributed by atoms with van der Waals surface area (Å²) in [5.74, 6) is 1.08. The Labute approximate surface area is 191 Å². The molecule has 0 atom stereocenters. The standard InChI is InChI=1S/C22H17BrClFN4O2/c1-12-7-16(23)17(26-9-12)11-31-14-4-5-15(18(8-14)30-2)20-21(24)29-22(28-20)13-3-6-19(25)27-10-13/h3-10H,11H2,1-2H3,(H,28,29). The number of nitrogens with zero attached hydrogens (tertiary/aromatic N) is 3. The molecule has 3 heterocycles. The van der Waals surface area contributed by atoms with Crippen molar-refractivity contribution in [1.82, 2.24) is 19.9 Å². The third-order valence-corrected chi connectivity index (χ3v) is 5.48. The molecule has 0 unspecified atom stereocenters. The molecular weight excluding hydrogens is 487 g/mol. The monoisotopic (exact) mass is 502 g/mol. The molecule has 0 saturated heterocycles. The van der Waals surface area contributed by atoms with Gasteiger partial charge >= 0.3 is 0 Å². The Bertz CT molecular complexity index is 1230. The molecule has 0 bridgehead atoms. The van der Waals surface area contributed by atoms with Crippen LogP contribution in [0.4, 0.5) is 4.39 Å². The van der Waals surface area contributed by atoms with Crippen molar-refractivity contribution in [1.29, 1.82) is 0 Å². The Morgan fingerprint density at radius 3 is 2.68 bits per heavy atom. The van der Waals surface area contributed by atoms with Gasteiger partial charge in [-0.05, 0) is 58.7 Å². The van der Waals surface area contributed by atoms with Crippen molar-refractivity contribution in [3.05, 3.63) is 75.6 Å². The van der Waals surface area contributed by atoms with Crippen LogP contribution >= 0.6 is 27.5 Å². The molecule has 0 saturated carbocycles. The number of hydrogen-bond donors (Lipinski definition) is 1. The molecule has 4 rings (SSSR count). The Kier molecular flexibility index (Phi) is 6.20. The molecule has 158 valence electrons. The van der Waals surface area contributed by atoms with Crippen LogP contribution in [0.2, 0.25) is 5.15 Å². The second-order valence-electron chi connectivity index (χ2n) is 6.71. The molecule has 0 spiro atoms. The number of hydrogen-bond acceptors (Lipinski definition) is 5. The summed E-state index contributed by atoms with van der Waals surface area (Å²) in [4.78, 5) is 15.6. The fraction of sp³-hybridized carbons (Fsp3) is 0.136. The summed E-state index contributed by atoms with van der Waals surface area (Å²) in [6.45, 7) is 2.28. The van der Waals surface area contributed by atoms with Gasteiger partial charge in [0.1, 0.15) is 34.8 Å². The van der Waals surface area contributed by atoms with Crippen molar-refractivity contribution >= 4 is 27.5 Å². The van der Waals surface area contributed by atoms with Crippen LogP contribution in [0.5, 0.6) is 11.5 Å². The van der Waals surface area contributed by atoms with Gasteiger partial charge in [-0.25, -0.2) is 9.97 Å². The second-order valence-corrected chi connectivity index (χ2v) is 7.94. The molecule has 0 fully saturated rings. The molecule has 1 N–H and O–H groups in total. The lowest BCUT2D eigenvalue weighted by molar-refractivity contribution is 0.298. The number of H-pyrrole nitrogens is 1. The van der Waals surface area contributed by atoms with Crippen LogP contribution in [0.25, 0.3) is 22.6 Å². The molecule has 9 heteroatoms. The molecule has 6 nitrogen and oxygen atoms in total. The van der Waals surface area contributed by atoms with Gasteiger partial charge in [-0.2, -0.15) is 4.39 Å². The Hall–Kier alpha value is -2.97. The van der Waals surface area contributed by atoms with Gasteiger partial charge in [0.2, 0.25) is 5.95 Å². The van der Waals surface area contributed by atoms with Crippen LogP contribution in [-0.4, -0.2) is 27.0 Å². The highest BCUT2D eigenvalue weighted by molar-refractivity contribution is 9.10. The maximum absolute atomic E-state index is 13.1. The number of aromatic amines is 1. The highest BCUT2D eigenvalue weighted by Gasteiger charge is 2.17. The molecule has 4 aromatic rings. The van der Waals surface area contributed by atoms with Gasteiger partial charge in [-0.15, -0.1) is 0 Å². The summed E-state index contributed by atoms with van der Waals surface area (Å²) < 4.78 is 25.4. The van der Waals surface area contributed by atoms with Gasteiger partial charge in [-0.1, -0.05) is 11.6 Å². The lowest BCUT2D eigenvalue weighted by Crippen LogP contribution is -2.00. The zero-order valence-corrected chi connectivity index (χ0v) is 19.0. The third kappa shape index (κ3) is 4.70. The van der Waals surface area contributed by atoms with E-state index in [2.05, 4.69) is 35.9 Å². The minimum Gasteiger partial charge on any atom is -0.496 e. The van der Waals surface area contributed by atoms with Crippen molar-refractivity contribution < 1.29 is 13.9 Å². The predicted octanol–water partition coefficient (Wildman–Crippen LogP) is 5.98. The lowest BCUT2D eigenvalue weighted by Gasteiger charge is -2.11. The number of nitrogens with one attached hydrogen (secondary N) is 1. The first kappa shape index (κ1) is 21.3. The van der Waals surface area contributed by atoms with E-state index < -0.39 is 5.95 Å². The zero-order valence-electron chi connectivity index (χ0n) is 16.6. The number of benzene rings is 1. The van der Waals surface area contributed by atoms with Crippen LogP contribution in [0.3, 0.4) is 0 Å². The summed E-state index contributed by atoms with van der Waals surface area (Å²) in [7, 11) is 1.56. The lowest BCUT2D eigenvalue weighted by atomic mass is 10.1. The third-order valence-electron chi connectivity index (χ3n) is 4.52. The number of methoxy groups -OCH3 is 1. The van der Waals surface area contributed by atoms with Crippen LogP contribution in [0.1, 0.15) is 11.3 Å². The number of halogens is 3. The van der Waals surface area contributed by atoms with Crippen molar-refractivity contribution in [2.24, 2.45) is 0 Å².